The molecule has 0 unspecified atom stereocenters. The molecule has 4 heterocycles. The number of nitrogens with zero attached hydrogens (tertiary/aromatic N) is 2. The number of para-hydroxylation sites is 1. The molecule has 0 aliphatic carbocycles. The molecule has 0 fully saturated rings. The Morgan fingerprint density at radius 3 is 2.75 bits per heavy atom. The Morgan fingerprint density at radius 2 is 2.00 bits per heavy atom. The summed E-state index contributed by atoms with van der Waals surface area (Å²) >= 11 is 6.81. The van der Waals surface area contributed by atoms with Gasteiger partial charge in [0.05, 0.1) is 39.5 Å². The largest absolute Gasteiger partial charge is 0.460 e. The van der Waals surface area contributed by atoms with Crippen molar-refractivity contribution >= 4 is 28.5 Å². The number of rotatable bonds is 2. The zero-order valence-electron chi connectivity index (χ0n) is 15.7. The number of ether oxygens (including phenoxy) is 1. The van der Waals surface area contributed by atoms with Gasteiger partial charge in [0.25, 0.3) is 5.56 Å². The number of carbonyl (C=O) groups is 1. The Hall–Kier alpha value is -2.66. The van der Waals surface area contributed by atoms with Crippen LogP contribution in [0.4, 0.5) is 0 Å². The summed E-state index contributed by atoms with van der Waals surface area (Å²) in [5.74, 6) is -0.684. The maximum atomic E-state index is 13.4. The molecule has 0 N–H and O–H groups in total. The van der Waals surface area contributed by atoms with Crippen LogP contribution in [0.1, 0.15) is 55.3 Å². The summed E-state index contributed by atoms with van der Waals surface area (Å²) in [5.41, 5.74) is 4.40. The van der Waals surface area contributed by atoms with E-state index >= 15 is 0 Å². The molecule has 142 valence electrons. The number of esters is 1. The van der Waals surface area contributed by atoms with Crippen molar-refractivity contribution in [2.75, 3.05) is 0 Å². The number of pyridine rings is 2. The molecule has 6 heteroatoms. The van der Waals surface area contributed by atoms with Crippen molar-refractivity contribution in [3.63, 3.8) is 0 Å². The lowest BCUT2D eigenvalue weighted by Gasteiger charge is -2.25. The van der Waals surface area contributed by atoms with E-state index in [9.17, 15) is 9.59 Å². The van der Waals surface area contributed by atoms with Crippen LogP contribution < -0.4 is 5.56 Å². The van der Waals surface area contributed by atoms with Gasteiger partial charge in [-0.3, -0.25) is 14.2 Å². The van der Waals surface area contributed by atoms with Crippen molar-refractivity contribution in [1.82, 2.24) is 9.55 Å². The third-order valence-corrected chi connectivity index (χ3v) is 6.35. The summed E-state index contributed by atoms with van der Waals surface area (Å²) in [4.78, 5) is 30.5. The molecule has 0 amide bonds. The molecule has 3 aromatic rings. The third-order valence-electron chi connectivity index (χ3n) is 5.94. The van der Waals surface area contributed by atoms with E-state index in [-0.39, 0.29) is 24.2 Å². The van der Waals surface area contributed by atoms with Crippen molar-refractivity contribution in [1.29, 1.82) is 0 Å². The van der Waals surface area contributed by atoms with E-state index in [0.717, 1.165) is 39.8 Å². The summed E-state index contributed by atoms with van der Waals surface area (Å²) in [6, 6.07) is 9.52. The molecule has 1 aromatic carbocycles. The molecule has 0 bridgehead atoms. The van der Waals surface area contributed by atoms with Gasteiger partial charge in [-0.05, 0) is 30.5 Å². The second kappa shape index (κ2) is 6.17. The minimum Gasteiger partial charge on any atom is -0.460 e. The number of aromatic nitrogens is 2. The molecule has 2 aliphatic heterocycles. The van der Waals surface area contributed by atoms with Gasteiger partial charge < -0.3 is 4.74 Å². The van der Waals surface area contributed by atoms with Crippen molar-refractivity contribution in [3.8, 4) is 11.4 Å². The second-order valence-corrected chi connectivity index (χ2v) is 7.71. The molecular formula is C22H19ClN2O3. The van der Waals surface area contributed by atoms with Gasteiger partial charge in [-0.1, -0.05) is 43.6 Å². The van der Waals surface area contributed by atoms with Crippen LogP contribution in [0.2, 0.25) is 5.02 Å². The van der Waals surface area contributed by atoms with Gasteiger partial charge in [0, 0.05) is 10.9 Å². The number of cyclic esters (lactones) is 1. The van der Waals surface area contributed by atoms with E-state index in [0.29, 0.717) is 17.0 Å². The van der Waals surface area contributed by atoms with Gasteiger partial charge in [0.1, 0.15) is 6.61 Å². The topological polar surface area (TPSA) is 61.2 Å². The molecule has 2 atom stereocenters. The number of carbonyl (C=O) groups excluding carboxylic acids is 1. The minimum atomic E-state index is -0.414. The SMILES string of the molecule is CC[C@@H]1c2c(nc3ccccc3c2Cl)-c2cc3c(c(=O)n21)COC(=O)[C@@H]3CC. The second-order valence-electron chi connectivity index (χ2n) is 7.34. The highest BCUT2D eigenvalue weighted by Gasteiger charge is 2.38. The summed E-state index contributed by atoms with van der Waals surface area (Å²) in [6.45, 7) is 3.99. The van der Waals surface area contributed by atoms with Crippen LogP contribution in [0.15, 0.2) is 35.1 Å². The first kappa shape index (κ1) is 17.4. The van der Waals surface area contributed by atoms with Crippen molar-refractivity contribution in [2.45, 2.75) is 45.3 Å². The zero-order valence-corrected chi connectivity index (χ0v) is 16.4. The normalized spacial score (nSPS) is 19.9. The lowest BCUT2D eigenvalue weighted by atomic mass is 9.90. The van der Waals surface area contributed by atoms with Gasteiger partial charge >= 0.3 is 5.97 Å². The van der Waals surface area contributed by atoms with Crippen LogP contribution in [0.3, 0.4) is 0 Å². The summed E-state index contributed by atoms with van der Waals surface area (Å²) in [7, 11) is 0. The number of halogens is 1. The fraction of sp³-hybridized carbons (Fsp3) is 0.318. The molecular weight excluding hydrogens is 376 g/mol. The first-order chi connectivity index (χ1) is 13.6. The monoisotopic (exact) mass is 394 g/mol. The van der Waals surface area contributed by atoms with E-state index in [1.807, 2.05) is 44.2 Å². The Morgan fingerprint density at radius 1 is 1.21 bits per heavy atom. The molecule has 0 radical (unpaired) electrons. The molecule has 28 heavy (non-hydrogen) atoms. The molecule has 5 nitrogen and oxygen atoms in total. The van der Waals surface area contributed by atoms with E-state index in [1.165, 1.54) is 0 Å². The zero-order chi connectivity index (χ0) is 19.6. The van der Waals surface area contributed by atoms with Gasteiger partial charge in [-0.15, -0.1) is 0 Å². The van der Waals surface area contributed by atoms with Crippen molar-refractivity contribution in [3.05, 3.63) is 62.4 Å². The molecule has 0 saturated heterocycles. The fourth-order valence-corrected chi connectivity index (χ4v) is 4.96. The number of fused-ring (bicyclic) bond motifs is 5. The van der Waals surface area contributed by atoms with E-state index < -0.39 is 5.92 Å². The Labute approximate surface area is 166 Å². The highest BCUT2D eigenvalue weighted by atomic mass is 35.5. The standard InChI is InChI=1S/C22H19ClN2O3/c1-3-11-13-9-17-20-18(19(23)12-7-5-6-8-15(12)24-20)16(4-2)25(17)21(26)14(13)10-28-22(11)27/h5-9,11,16H,3-4,10H2,1-2H3/t11-,16-/m1/s1. The van der Waals surface area contributed by atoms with Crippen LogP contribution in [0, 0.1) is 0 Å². The van der Waals surface area contributed by atoms with E-state index in [1.54, 1.807) is 4.57 Å². The number of hydrogen-bond donors (Lipinski definition) is 0. The molecule has 2 aliphatic rings. The average molecular weight is 395 g/mol. The van der Waals surface area contributed by atoms with Crippen LogP contribution in [0.5, 0.6) is 0 Å². The van der Waals surface area contributed by atoms with E-state index in [4.69, 9.17) is 21.3 Å². The van der Waals surface area contributed by atoms with Gasteiger partial charge in [-0.25, -0.2) is 4.98 Å². The maximum absolute atomic E-state index is 13.4. The molecule has 5 rings (SSSR count). The minimum absolute atomic E-state index is 0.0275. The highest BCUT2D eigenvalue weighted by Crippen LogP contribution is 2.46. The van der Waals surface area contributed by atoms with Crippen LogP contribution in [0.25, 0.3) is 22.3 Å². The average Bonchev–Trinajstić information content (AvgIpc) is 3.02. The van der Waals surface area contributed by atoms with Crippen molar-refractivity contribution in [2.24, 2.45) is 0 Å². The summed E-state index contributed by atoms with van der Waals surface area (Å²) in [5, 5.41) is 1.53. The van der Waals surface area contributed by atoms with E-state index in [2.05, 4.69) is 0 Å². The highest BCUT2D eigenvalue weighted by molar-refractivity contribution is 6.36. The first-order valence-corrected chi connectivity index (χ1v) is 9.98. The lowest BCUT2D eigenvalue weighted by Crippen LogP contribution is -2.33. The fourth-order valence-electron chi connectivity index (χ4n) is 4.59. The molecule has 0 saturated carbocycles. The number of hydrogen-bond acceptors (Lipinski definition) is 4. The Kier molecular flexibility index (Phi) is 3.85. The van der Waals surface area contributed by atoms with Crippen LogP contribution >= 0.6 is 11.6 Å². The third kappa shape index (κ3) is 2.17. The maximum Gasteiger partial charge on any atom is 0.313 e. The van der Waals surface area contributed by atoms with Gasteiger partial charge in [0.15, 0.2) is 0 Å². The first-order valence-electron chi connectivity index (χ1n) is 9.60. The summed E-state index contributed by atoms with van der Waals surface area (Å²) < 4.78 is 7.07. The summed E-state index contributed by atoms with van der Waals surface area (Å²) in [6.07, 6.45) is 1.31. The van der Waals surface area contributed by atoms with Crippen LogP contribution in [-0.2, 0) is 16.1 Å². The van der Waals surface area contributed by atoms with Gasteiger partial charge in [-0.2, -0.15) is 0 Å². The predicted molar refractivity (Wildman–Crippen MR) is 108 cm³/mol. The lowest BCUT2D eigenvalue weighted by molar-refractivity contribution is -0.148. The number of benzene rings is 1. The van der Waals surface area contributed by atoms with Crippen LogP contribution in [-0.4, -0.2) is 15.5 Å². The predicted octanol–water partition coefficient (Wildman–Crippen LogP) is 4.58. The quantitative estimate of drug-likeness (QED) is 0.597. The van der Waals surface area contributed by atoms with Gasteiger partial charge in [0.2, 0.25) is 0 Å². The van der Waals surface area contributed by atoms with Crippen molar-refractivity contribution < 1.29 is 9.53 Å². The molecule has 2 aromatic heterocycles. The molecule has 0 spiro atoms. The Bertz CT molecular complexity index is 1210. The smallest absolute Gasteiger partial charge is 0.313 e. The Balaban J connectivity index is 1.87.